The van der Waals surface area contributed by atoms with Crippen LogP contribution in [0.2, 0.25) is 0 Å². The van der Waals surface area contributed by atoms with Gasteiger partial charge in [-0.1, -0.05) is 37.1 Å². The predicted octanol–water partition coefficient (Wildman–Crippen LogP) is 3.25. The zero-order valence-corrected chi connectivity index (χ0v) is 15.1. The van der Waals surface area contributed by atoms with E-state index in [2.05, 4.69) is 15.3 Å². The fourth-order valence-electron chi connectivity index (χ4n) is 3.75. The lowest BCUT2D eigenvalue weighted by Crippen LogP contribution is -2.45. The molecule has 27 heavy (non-hydrogen) atoms. The summed E-state index contributed by atoms with van der Waals surface area (Å²) in [5, 5.41) is 14.2. The van der Waals surface area contributed by atoms with Gasteiger partial charge in [0.15, 0.2) is 0 Å². The zero-order chi connectivity index (χ0) is 18.6. The lowest BCUT2D eigenvalue weighted by atomic mass is 9.92. The van der Waals surface area contributed by atoms with E-state index in [1.54, 1.807) is 6.20 Å². The number of nitrogens with zero attached hydrogens (tertiary/aromatic N) is 2. The summed E-state index contributed by atoms with van der Waals surface area (Å²) in [6, 6.07) is 13.5. The van der Waals surface area contributed by atoms with Crippen LogP contribution in [0.25, 0.3) is 10.9 Å². The van der Waals surface area contributed by atoms with Gasteiger partial charge in [-0.2, -0.15) is 0 Å². The minimum Gasteiger partial charge on any atom is -0.391 e. The highest BCUT2D eigenvalue weighted by molar-refractivity contribution is 5.96. The van der Waals surface area contributed by atoms with Crippen LogP contribution in [-0.4, -0.2) is 33.1 Å². The molecule has 0 spiro atoms. The Labute approximate surface area is 158 Å². The van der Waals surface area contributed by atoms with E-state index in [1.807, 2.05) is 48.7 Å². The Morgan fingerprint density at radius 3 is 2.81 bits per heavy atom. The van der Waals surface area contributed by atoms with E-state index in [4.69, 9.17) is 0 Å². The van der Waals surface area contributed by atoms with Crippen LogP contribution in [-0.2, 0) is 6.42 Å². The van der Waals surface area contributed by atoms with Gasteiger partial charge >= 0.3 is 0 Å². The summed E-state index contributed by atoms with van der Waals surface area (Å²) in [6.45, 7) is 0. The van der Waals surface area contributed by atoms with Gasteiger partial charge in [-0.25, -0.2) is 4.98 Å². The maximum absolute atomic E-state index is 12.8. The van der Waals surface area contributed by atoms with Crippen molar-refractivity contribution < 1.29 is 9.90 Å². The number of hydrogen-bond donors (Lipinski definition) is 2. The second-order valence-corrected chi connectivity index (χ2v) is 7.15. The van der Waals surface area contributed by atoms with Gasteiger partial charge in [0.25, 0.3) is 5.91 Å². The first kappa shape index (κ1) is 17.6. The third-order valence-corrected chi connectivity index (χ3v) is 5.20. The van der Waals surface area contributed by atoms with E-state index < -0.39 is 6.10 Å². The Hall–Kier alpha value is -2.79. The van der Waals surface area contributed by atoms with Crippen molar-refractivity contribution in [1.82, 2.24) is 15.3 Å². The highest BCUT2D eigenvalue weighted by atomic mass is 16.3. The lowest BCUT2D eigenvalue weighted by Gasteiger charge is -2.28. The summed E-state index contributed by atoms with van der Waals surface area (Å²) >= 11 is 0. The number of carbonyl (C=O) groups excluding carboxylic acids is 1. The molecule has 1 amide bonds. The molecule has 1 fully saturated rings. The number of carbonyl (C=O) groups is 1. The molecule has 3 aromatic rings. The third-order valence-electron chi connectivity index (χ3n) is 5.20. The number of hydrogen-bond acceptors (Lipinski definition) is 4. The van der Waals surface area contributed by atoms with Crippen LogP contribution < -0.4 is 5.32 Å². The van der Waals surface area contributed by atoms with E-state index in [1.165, 1.54) is 0 Å². The second-order valence-electron chi connectivity index (χ2n) is 7.15. The Balaban J connectivity index is 1.65. The topological polar surface area (TPSA) is 75.1 Å². The largest absolute Gasteiger partial charge is 0.391 e. The number of amides is 1. The van der Waals surface area contributed by atoms with Crippen LogP contribution in [0.15, 0.2) is 54.9 Å². The summed E-state index contributed by atoms with van der Waals surface area (Å²) in [5.41, 5.74) is 3.32. The number of fused-ring (bicyclic) bond motifs is 1. The number of aromatic nitrogens is 2. The van der Waals surface area contributed by atoms with E-state index in [9.17, 15) is 9.90 Å². The van der Waals surface area contributed by atoms with Gasteiger partial charge in [0.2, 0.25) is 0 Å². The van der Waals surface area contributed by atoms with Gasteiger partial charge in [0.1, 0.15) is 5.69 Å². The van der Waals surface area contributed by atoms with E-state index in [0.717, 1.165) is 47.7 Å². The summed E-state index contributed by atoms with van der Waals surface area (Å²) in [5.74, 6) is -0.223. The van der Waals surface area contributed by atoms with Crippen molar-refractivity contribution in [3.8, 4) is 0 Å². The van der Waals surface area contributed by atoms with Crippen LogP contribution >= 0.6 is 0 Å². The lowest BCUT2D eigenvalue weighted by molar-refractivity contribution is 0.0714. The minimum atomic E-state index is -0.474. The van der Waals surface area contributed by atoms with E-state index in [0.29, 0.717) is 12.1 Å². The quantitative estimate of drug-likeness (QED) is 0.748. The molecule has 0 unspecified atom stereocenters. The number of aliphatic hydroxyl groups excluding tert-OH is 1. The Morgan fingerprint density at radius 1 is 1.15 bits per heavy atom. The monoisotopic (exact) mass is 361 g/mol. The maximum Gasteiger partial charge on any atom is 0.270 e. The zero-order valence-electron chi connectivity index (χ0n) is 15.1. The normalized spacial score (nSPS) is 19.7. The molecule has 5 heteroatoms. The molecule has 0 bridgehead atoms. The van der Waals surface area contributed by atoms with Crippen molar-refractivity contribution in [2.24, 2.45) is 0 Å². The Kier molecular flexibility index (Phi) is 5.12. The van der Waals surface area contributed by atoms with Gasteiger partial charge in [0.05, 0.1) is 17.7 Å². The summed E-state index contributed by atoms with van der Waals surface area (Å²) in [7, 11) is 0. The fraction of sp³-hybridized carbons (Fsp3) is 0.318. The molecule has 1 aliphatic rings. The SMILES string of the molecule is O=C(N[C@H]1CCCC[C@@H]1O)c1cc(Cc2cccnc2)c2ccccc2n1. The van der Waals surface area contributed by atoms with Crippen LogP contribution in [0.3, 0.4) is 0 Å². The van der Waals surface area contributed by atoms with Crippen LogP contribution in [0.4, 0.5) is 0 Å². The first-order valence-electron chi connectivity index (χ1n) is 9.47. The molecule has 2 aromatic heterocycles. The van der Waals surface area contributed by atoms with Crippen LogP contribution in [0, 0.1) is 0 Å². The summed E-state index contributed by atoms with van der Waals surface area (Å²) in [4.78, 5) is 21.5. The smallest absolute Gasteiger partial charge is 0.270 e. The highest BCUT2D eigenvalue weighted by Gasteiger charge is 2.25. The summed E-state index contributed by atoms with van der Waals surface area (Å²) < 4.78 is 0. The number of pyridine rings is 2. The van der Waals surface area contributed by atoms with Crippen LogP contribution in [0.1, 0.15) is 47.3 Å². The molecule has 2 atom stereocenters. The van der Waals surface area contributed by atoms with Crippen molar-refractivity contribution in [3.05, 3.63) is 71.7 Å². The second kappa shape index (κ2) is 7.84. The fourth-order valence-corrected chi connectivity index (χ4v) is 3.75. The molecule has 5 nitrogen and oxygen atoms in total. The number of benzene rings is 1. The van der Waals surface area contributed by atoms with Crippen LogP contribution in [0.5, 0.6) is 0 Å². The molecule has 0 saturated heterocycles. The molecule has 2 N–H and O–H groups in total. The van der Waals surface area contributed by atoms with E-state index in [-0.39, 0.29) is 11.9 Å². The van der Waals surface area contributed by atoms with Gasteiger partial charge in [0, 0.05) is 17.8 Å². The minimum absolute atomic E-state index is 0.193. The maximum atomic E-state index is 12.8. The van der Waals surface area contributed by atoms with Crippen molar-refractivity contribution >= 4 is 16.8 Å². The molecule has 0 radical (unpaired) electrons. The van der Waals surface area contributed by atoms with Gasteiger partial charge in [-0.3, -0.25) is 9.78 Å². The summed E-state index contributed by atoms with van der Waals surface area (Å²) in [6.07, 6.45) is 7.39. The van der Waals surface area contributed by atoms with Crippen molar-refractivity contribution in [1.29, 1.82) is 0 Å². The average Bonchev–Trinajstić information content (AvgIpc) is 2.70. The molecule has 1 aromatic carbocycles. The highest BCUT2D eigenvalue weighted by Crippen LogP contribution is 2.22. The molecular weight excluding hydrogens is 338 g/mol. The Bertz CT molecular complexity index is 943. The molecule has 4 rings (SSSR count). The first-order valence-corrected chi connectivity index (χ1v) is 9.47. The van der Waals surface area contributed by atoms with Gasteiger partial charge in [-0.15, -0.1) is 0 Å². The van der Waals surface area contributed by atoms with Crippen molar-refractivity contribution in [2.75, 3.05) is 0 Å². The number of rotatable bonds is 4. The predicted molar refractivity (Wildman–Crippen MR) is 105 cm³/mol. The molecule has 138 valence electrons. The number of aliphatic hydroxyl groups is 1. The molecule has 1 saturated carbocycles. The van der Waals surface area contributed by atoms with Crippen molar-refractivity contribution in [2.45, 2.75) is 44.2 Å². The molecular formula is C22H23N3O2. The standard InChI is InChI=1S/C22H23N3O2/c26-21-10-4-3-9-19(21)25-22(27)20-13-16(12-15-6-5-11-23-14-15)17-7-1-2-8-18(17)24-20/h1-2,5-8,11,13-14,19,21,26H,3-4,9-10,12H2,(H,25,27)/t19-,21-/m0/s1. The third kappa shape index (κ3) is 3.98. The number of nitrogens with one attached hydrogen (secondary N) is 1. The first-order chi connectivity index (χ1) is 13.2. The average molecular weight is 361 g/mol. The molecule has 2 heterocycles. The van der Waals surface area contributed by atoms with Gasteiger partial charge < -0.3 is 10.4 Å². The van der Waals surface area contributed by atoms with Gasteiger partial charge in [-0.05, 0) is 48.6 Å². The number of para-hydroxylation sites is 1. The molecule has 1 aliphatic carbocycles. The Morgan fingerprint density at radius 2 is 2.00 bits per heavy atom. The molecule has 0 aliphatic heterocycles. The van der Waals surface area contributed by atoms with Crippen molar-refractivity contribution in [3.63, 3.8) is 0 Å². The van der Waals surface area contributed by atoms with E-state index >= 15 is 0 Å².